The highest BCUT2D eigenvalue weighted by atomic mass is 16.7. The number of hydrogen-bond donors (Lipinski definition) is 0. The van der Waals surface area contributed by atoms with Crippen molar-refractivity contribution in [3.8, 4) is 11.3 Å². The van der Waals surface area contributed by atoms with E-state index < -0.39 is 17.8 Å². The van der Waals surface area contributed by atoms with Gasteiger partial charge in [0.2, 0.25) is 0 Å². The lowest BCUT2D eigenvalue weighted by atomic mass is 10.1. The van der Waals surface area contributed by atoms with Crippen molar-refractivity contribution in [2.24, 2.45) is 7.05 Å². The van der Waals surface area contributed by atoms with E-state index in [-0.39, 0.29) is 11.1 Å². The van der Waals surface area contributed by atoms with Crippen LogP contribution in [0.5, 0.6) is 0 Å². The number of carbonyl (C=O) groups excluding carboxylic acids is 3. The predicted octanol–water partition coefficient (Wildman–Crippen LogP) is 4.21. The van der Waals surface area contributed by atoms with Crippen molar-refractivity contribution < 1.29 is 19.2 Å². The van der Waals surface area contributed by atoms with E-state index in [1.165, 1.54) is 12.1 Å². The standard InChI is InChI=1S/C24H16N2O4/c1-25-19-14-8-7-13-18(19)20(21(25)15-9-3-2-4-10-15)24(29)30-26-22(27)16-11-5-6-12-17(16)23(26)28/h2-14H,1H3. The molecular formula is C24H16N2O4. The van der Waals surface area contributed by atoms with Crippen LogP contribution in [0.25, 0.3) is 22.2 Å². The molecule has 1 aromatic heterocycles. The number of hydrogen-bond acceptors (Lipinski definition) is 4. The van der Waals surface area contributed by atoms with Crippen LogP contribution >= 0.6 is 0 Å². The number of para-hydroxylation sites is 1. The highest BCUT2D eigenvalue weighted by Crippen LogP contribution is 2.34. The Morgan fingerprint density at radius 1 is 0.767 bits per heavy atom. The van der Waals surface area contributed by atoms with Gasteiger partial charge in [-0.25, -0.2) is 4.79 Å². The number of nitrogens with zero attached hydrogens (tertiary/aromatic N) is 2. The summed E-state index contributed by atoms with van der Waals surface area (Å²) in [5, 5.41) is 1.23. The van der Waals surface area contributed by atoms with Crippen LogP contribution in [0.4, 0.5) is 0 Å². The van der Waals surface area contributed by atoms with Gasteiger partial charge < -0.3 is 9.40 Å². The minimum Gasteiger partial charge on any atom is -0.343 e. The Labute approximate surface area is 171 Å². The van der Waals surface area contributed by atoms with Crippen molar-refractivity contribution in [3.63, 3.8) is 0 Å². The molecule has 0 saturated carbocycles. The third kappa shape index (κ3) is 2.54. The number of amides is 2. The fourth-order valence-electron chi connectivity index (χ4n) is 3.91. The summed E-state index contributed by atoms with van der Waals surface area (Å²) < 4.78 is 1.91. The van der Waals surface area contributed by atoms with Crippen LogP contribution < -0.4 is 0 Å². The molecule has 1 aliphatic heterocycles. The molecule has 1 aliphatic rings. The third-order valence-electron chi connectivity index (χ3n) is 5.29. The number of benzene rings is 3. The second-order valence-electron chi connectivity index (χ2n) is 6.99. The molecule has 4 aromatic rings. The van der Waals surface area contributed by atoms with Gasteiger partial charge in [0.15, 0.2) is 0 Å². The summed E-state index contributed by atoms with van der Waals surface area (Å²) in [6, 6.07) is 23.3. The molecule has 146 valence electrons. The lowest BCUT2D eigenvalue weighted by Gasteiger charge is -2.14. The Morgan fingerprint density at radius 3 is 2.00 bits per heavy atom. The maximum Gasteiger partial charge on any atom is 0.366 e. The maximum absolute atomic E-state index is 13.3. The van der Waals surface area contributed by atoms with E-state index in [2.05, 4.69) is 0 Å². The number of rotatable bonds is 3. The van der Waals surface area contributed by atoms with Crippen molar-refractivity contribution in [3.05, 3.63) is 95.6 Å². The molecule has 6 heteroatoms. The summed E-state index contributed by atoms with van der Waals surface area (Å²) in [6.45, 7) is 0. The fourth-order valence-corrected chi connectivity index (χ4v) is 3.91. The van der Waals surface area contributed by atoms with Crippen molar-refractivity contribution in [2.45, 2.75) is 0 Å². The van der Waals surface area contributed by atoms with E-state index in [4.69, 9.17) is 4.84 Å². The molecule has 5 rings (SSSR count). The smallest absolute Gasteiger partial charge is 0.343 e. The van der Waals surface area contributed by atoms with Gasteiger partial charge in [-0.2, -0.15) is 0 Å². The summed E-state index contributed by atoms with van der Waals surface area (Å²) in [5.41, 5.74) is 3.05. The van der Waals surface area contributed by atoms with Crippen LogP contribution in [0.1, 0.15) is 31.1 Å². The first-order valence-corrected chi connectivity index (χ1v) is 9.41. The summed E-state index contributed by atoms with van der Waals surface area (Å²) in [4.78, 5) is 43.9. The maximum atomic E-state index is 13.3. The highest BCUT2D eigenvalue weighted by Gasteiger charge is 2.39. The highest BCUT2D eigenvalue weighted by molar-refractivity contribution is 6.21. The van der Waals surface area contributed by atoms with Gasteiger partial charge in [0.25, 0.3) is 11.8 Å². The predicted molar refractivity (Wildman–Crippen MR) is 111 cm³/mol. The van der Waals surface area contributed by atoms with E-state index in [0.29, 0.717) is 21.7 Å². The SMILES string of the molecule is Cn1c(-c2ccccc2)c(C(=O)ON2C(=O)c3ccccc3C2=O)c2ccccc21. The number of imide groups is 1. The second kappa shape index (κ2) is 6.70. The minimum absolute atomic E-state index is 0.219. The number of aryl methyl sites for hydroxylation is 1. The molecule has 0 spiro atoms. The summed E-state index contributed by atoms with van der Waals surface area (Å²) >= 11 is 0. The molecule has 0 saturated heterocycles. The molecule has 0 N–H and O–H groups in total. The quantitative estimate of drug-likeness (QED) is 0.487. The Hall–Kier alpha value is -4.19. The Balaban J connectivity index is 1.61. The molecule has 0 aliphatic carbocycles. The number of aromatic nitrogens is 1. The lowest BCUT2D eigenvalue weighted by Crippen LogP contribution is -2.32. The molecule has 30 heavy (non-hydrogen) atoms. The van der Waals surface area contributed by atoms with E-state index >= 15 is 0 Å². The zero-order chi connectivity index (χ0) is 20.8. The van der Waals surface area contributed by atoms with Crippen molar-refractivity contribution in [1.82, 2.24) is 9.63 Å². The van der Waals surface area contributed by atoms with Gasteiger partial charge in [-0.3, -0.25) is 9.59 Å². The van der Waals surface area contributed by atoms with E-state index in [1.807, 2.05) is 66.2 Å². The summed E-state index contributed by atoms with van der Waals surface area (Å²) in [5.74, 6) is -2.06. The average molecular weight is 396 g/mol. The van der Waals surface area contributed by atoms with E-state index in [0.717, 1.165) is 11.1 Å². The molecule has 2 amide bonds. The zero-order valence-electron chi connectivity index (χ0n) is 16.0. The molecule has 0 bridgehead atoms. The number of carbonyl (C=O) groups is 3. The largest absolute Gasteiger partial charge is 0.366 e. The van der Waals surface area contributed by atoms with Gasteiger partial charge in [0, 0.05) is 18.0 Å². The van der Waals surface area contributed by atoms with E-state index in [9.17, 15) is 14.4 Å². The van der Waals surface area contributed by atoms with Crippen LogP contribution in [0.2, 0.25) is 0 Å². The molecule has 0 unspecified atom stereocenters. The van der Waals surface area contributed by atoms with Gasteiger partial charge in [-0.05, 0) is 23.8 Å². The molecule has 2 heterocycles. The van der Waals surface area contributed by atoms with Crippen LogP contribution in [0.3, 0.4) is 0 Å². The van der Waals surface area contributed by atoms with E-state index in [1.54, 1.807) is 12.1 Å². The Morgan fingerprint density at radius 2 is 1.33 bits per heavy atom. The van der Waals surface area contributed by atoms with Gasteiger partial charge >= 0.3 is 5.97 Å². The van der Waals surface area contributed by atoms with Gasteiger partial charge in [0.05, 0.1) is 22.4 Å². The first-order valence-electron chi connectivity index (χ1n) is 9.41. The molecule has 3 aromatic carbocycles. The zero-order valence-corrected chi connectivity index (χ0v) is 16.0. The molecule has 6 nitrogen and oxygen atoms in total. The van der Waals surface area contributed by atoms with Crippen LogP contribution in [-0.4, -0.2) is 27.4 Å². The van der Waals surface area contributed by atoms with Crippen LogP contribution in [0.15, 0.2) is 78.9 Å². The monoisotopic (exact) mass is 396 g/mol. The van der Waals surface area contributed by atoms with Crippen molar-refractivity contribution in [2.75, 3.05) is 0 Å². The average Bonchev–Trinajstić information content (AvgIpc) is 3.21. The van der Waals surface area contributed by atoms with Crippen molar-refractivity contribution >= 4 is 28.7 Å². The topological polar surface area (TPSA) is 68.6 Å². The van der Waals surface area contributed by atoms with Crippen LogP contribution in [-0.2, 0) is 11.9 Å². The van der Waals surface area contributed by atoms with Gasteiger partial charge in [-0.15, -0.1) is 0 Å². The first-order chi connectivity index (χ1) is 14.6. The fraction of sp³-hybridized carbons (Fsp3) is 0.0417. The Kier molecular flexibility index (Phi) is 3.99. The molecule has 0 atom stereocenters. The lowest BCUT2D eigenvalue weighted by molar-refractivity contribution is -0.0582. The van der Waals surface area contributed by atoms with Gasteiger partial charge in [0.1, 0.15) is 0 Å². The third-order valence-corrected chi connectivity index (χ3v) is 5.29. The first kappa shape index (κ1) is 17.9. The molecule has 0 radical (unpaired) electrons. The normalized spacial score (nSPS) is 13.0. The molecule has 0 fully saturated rings. The second-order valence-corrected chi connectivity index (χ2v) is 6.99. The summed E-state index contributed by atoms with van der Waals surface area (Å²) in [7, 11) is 1.86. The number of hydroxylamine groups is 2. The number of fused-ring (bicyclic) bond motifs is 2. The minimum atomic E-state index is -0.764. The Bertz CT molecular complexity index is 1300. The van der Waals surface area contributed by atoms with Crippen LogP contribution in [0, 0.1) is 0 Å². The summed E-state index contributed by atoms with van der Waals surface area (Å²) in [6.07, 6.45) is 0. The van der Waals surface area contributed by atoms with Crippen molar-refractivity contribution in [1.29, 1.82) is 0 Å². The van der Waals surface area contributed by atoms with Gasteiger partial charge in [-0.1, -0.05) is 65.7 Å². The molecular weight excluding hydrogens is 380 g/mol.